The van der Waals surface area contributed by atoms with Crippen molar-refractivity contribution >= 4 is 20.0 Å². The highest BCUT2D eigenvalue weighted by atomic mass is 32.2. The van der Waals surface area contributed by atoms with Gasteiger partial charge in [0.05, 0.1) is 9.79 Å². The first-order valence-electron chi connectivity index (χ1n) is 8.53. The third-order valence-corrected chi connectivity index (χ3v) is 7.08. The zero-order valence-corrected chi connectivity index (χ0v) is 15.9. The Kier molecular flexibility index (Phi) is 5.76. The Morgan fingerprint density at radius 2 is 1.50 bits per heavy atom. The molecular formula is C18H22N2O4S2. The average Bonchev–Trinajstić information content (AvgIpc) is 3.43. The van der Waals surface area contributed by atoms with Crippen LogP contribution in [0.5, 0.6) is 0 Å². The molecule has 1 fully saturated rings. The maximum atomic E-state index is 12.4. The Morgan fingerprint density at radius 3 is 2.15 bits per heavy atom. The third kappa shape index (κ3) is 5.14. The molecule has 140 valence electrons. The van der Waals surface area contributed by atoms with Gasteiger partial charge in [0.2, 0.25) is 20.0 Å². The molecule has 0 spiro atoms. The lowest BCUT2D eigenvalue weighted by molar-refractivity contribution is 0.577. The fraction of sp³-hybridized carbons (Fsp3) is 0.333. The first kappa shape index (κ1) is 19.0. The molecule has 1 aliphatic carbocycles. The first-order chi connectivity index (χ1) is 12.4. The first-order valence-corrected chi connectivity index (χ1v) is 11.5. The van der Waals surface area contributed by atoms with Crippen molar-refractivity contribution in [3.63, 3.8) is 0 Å². The Hall–Kier alpha value is -1.74. The lowest BCUT2D eigenvalue weighted by Crippen LogP contribution is -2.27. The normalized spacial score (nSPS) is 15.1. The van der Waals surface area contributed by atoms with Gasteiger partial charge in [-0.05, 0) is 49.4 Å². The van der Waals surface area contributed by atoms with Crippen LogP contribution < -0.4 is 9.44 Å². The maximum Gasteiger partial charge on any atom is 0.240 e. The lowest BCUT2D eigenvalue weighted by atomic mass is 10.1. The average molecular weight is 395 g/mol. The highest BCUT2D eigenvalue weighted by Crippen LogP contribution is 2.23. The Balaban J connectivity index is 1.62. The van der Waals surface area contributed by atoms with Gasteiger partial charge in [-0.25, -0.2) is 26.3 Å². The second-order valence-corrected chi connectivity index (χ2v) is 9.84. The molecule has 0 radical (unpaired) electrons. The van der Waals surface area contributed by atoms with Gasteiger partial charge in [-0.1, -0.05) is 36.4 Å². The van der Waals surface area contributed by atoms with Crippen LogP contribution in [-0.4, -0.2) is 29.4 Å². The number of sulfonamides is 2. The Morgan fingerprint density at radius 1 is 0.846 bits per heavy atom. The molecule has 0 saturated heterocycles. The summed E-state index contributed by atoms with van der Waals surface area (Å²) in [7, 11) is -7.44. The van der Waals surface area contributed by atoms with E-state index in [9.17, 15) is 16.8 Å². The molecule has 8 heteroatoms. The van der Waals surface area contributed by atoms with Gasteiger partial charge in [0, 0.05) is 12.6 Å². The van der Waals surface area contributed by atoms with Crippen LogP contribution in [0.3, 0.4) is 0 Å². The van der Waals surface area contributed by atoms with E-state index in [-0.39, 0.29) is 22.4 Å². The van der Waals surface area contributed by atoms with E-state index in [2.05, 4.69) is 9.44 Å². The van der Waals surface area contributed by atoms with Crippen LogP contribution >= 0.6 is 0 Å². The van der Waals surface area contributed by atoms with Crippen molar-refractivity contribution in [2.24, 2.45) is 0 Å². The van der Waals surface area contributed by atoms with Crippen molar-refractivity contribution in [1.29, 1.82) is 0 Å². The van der Waals surface area contributed by atoms with Gasteiger partial charge < -0.3 is 0 Å². The van der Waals surface area contributed by atoms with E-state index >= 15 is 0 Å². The Labute approximate surface area is 154 Å². The van der Waals surface area contributed by atoms with E-state index in [4.69, 9.17) is 0 Å². The minimum Gasteiger partial charge on any atom is -0.211 e. The molecule has 0 atom stereocenters. The predicted molar refractivity (Wildman–Crippen MR) is 99.7 cm³/mol. The van der Waals surface area contributed by atoms with Gasteiger partial charge in [0.1, 0.15) is 0 Å². The topological polar surface area (TPSA) is 92.3 Å². The van der Waals surface area contributed by atoms with E-state index in [1.54, 1.807) is 0 Å². The van der Waals surface area contributed by atoms with E-state index in [0.717, 1.165) is 24.8 Å². The quantitative estimate of drug-likeness (QED) is 0.637. The summed E-state index contributed by atoms with van der Waals surface area (Å²) in [4.78, 5) is -0.0764. The van der Waals surface area contributed by atoms with Crippen molar-refractivity contribution in [3.05, 3.63) is 60.2 Å². The summed E-state index contributed by atoms with van der Waals surface area (Å²) in [6.07, 6.45) is 3.06. The summed E-state index contributed by atoms with van der Waals surface area (Å²) >= 11 is 0. The second kappa shape index (κ2) is 7.87. The molecule has 6 nitrogen and oxygen atoms in total. The summed E-state index contributed by atoms with van der Waals surface area (Å²) in [6.45, 7) is 0.286. The van der Waals surface area contributed by atoms with Crippen LogP contribution in [0.4, 0.5) is 0 Å². The van der Waals surface area contributed by atoms with Crippen LogP contribution in [-0.2, 0) is 26.5 Å². The van der Waals surface area contributed by atoms with Crippen LogP contribution in [0.1, 0.15) is 24.8 Å². The van der Waals surface area contributed by atoms with Crippen LogP contribution in [0.25, 0.3) is 0 Å². The maximum absolute atomic E-state index is 12.4. The van der Waals surface area contributed by atoms with Crippen molar-refractivity contribution in [1.82, 2.24) is 9.44 Å². The van der Waals surface area contributed by atoms with Crippen molar-refractivity contribution < 1.29 is 16.8 Å². The molecule has 0 heterocycles. The van der Waals surface area contributed by atoms with E-state index < -0.39 is 20.0 Å². The fourth-order valence-electron chi connectivity index (χ4n) is 2.52. The molecule has 0 amide bonds. The molecule has 0 aromatic heterocycles. The third-order valence-electron chi connectivity index (χ3n) is 4.10. The number of benzene rings is 2. The zero-order chi connectivity index (χ0) is 18.6. The van der Waals surface area contributed by atoms with Gasteiger partial charge in [-0.15, -0.1) is 0 Å². The number of hydrogen-bond donors (Lipinski definition) is 2. The highest BCUT2D eigenvalue weighted by molar-refractivity contribution is 7.90. The molecule has 0 bridgehead atoms. The molecule has 1 aliphatic rings. The lowest BCUT2D eigenvalue weighted by Gasteiger charge is -2.09. The van der Waals surface area contributed by atoms with Crippen molar-refractivity contribution in [2.75, 3.05) is 6.54 Å². The summed E-state index contributed by atoms with van der Waals surface area (Å²) in [6, 6.07) is 15.2. The molecule has 0 unspecified atom stereocenters. The minimum absolute atomic E-state index is 0.0310. The standard InChI is InChI=1S/C18H22N2O4S2/c21-25(22,19-13-5-8-15-6-2-1-3-7-15)17-9-4-10-18(14-17)26(23,24)20-16-11-12-16/h1-4,6-7,9-10,14,16,19-20H,5,8,11-13H2. The summed E-state index contributed by atoms with van der Waals surface area (Å²) < 4.78 is 54.5. The summed E-state index contributed by atoms with van der Waals surface area (Å²) in [5, 5.41) is 0. The van der Waals surface area contributed by atoms with E-state index in [0.29, 0.717) is 6.42 Å². The number of aryl methyl sites for hydroxylation is 1. The molecule has 3 rings (SSSR count). The van der Waals surface area contributed by atoms with Gasteiger partial charge in [-0.3, -0.25) is 0 Å². The summed E-state index contributed by atoms with van der Waals surface area (Å²) in [5.74, 6) is 0. The van der Waals surface area contributed by atoms with Crippen LogP contribution in [0, 0.1) is 0 Å². The monoisotopic (exact) mass is 394 g/mol. The van der Waals surface area contributed by atoms with Crippen LogP contribution in [0.2, 0.25) is 0 Å². The van der Waals surface area contributed by atoms with Gasteiger partial charge in [-0.2, -0.15) is 0 Å². The van der Waals surface area contributed by atoms with Gasteiger partial charge >= 0.3 is 0 Å². The molecule has 2 N–H and O–H groups in total. The Bertz CT molecular complexity index is 954. The minimum atomic E-state index is -3.75. The number of hydrogen-bond acceptors (Lipinski definition) is 4. The molecular weight excluding hydrogens is 372 g/mol. The largest absolute Gasteiger partial charge is 0.240 e. The number of nitrogens with one attached hydrogen (secondary N) is 2. The highest BCUT2D eigenvalue weighted by Gasteiger charge is 2.28. The van der Waals surface area contributed by atoms with Gasteiger partial charge in [0.25, 0.3) is 0 Å². The molecule has 2 aromatic carbocycles. The zero-order valence-electron chi connectivity index (χ0n) is 14.3. The molecule has 26 heavy (non-hydrogen) atoms. The SMILES string of the molecule is O=S(=O)(NCCCc1ccccc1)c1cccc(S(=O)(=O)NC2CC2)c1. The van der Waals surface area contributed by atoms with Crippen molar-refractivity contribution in [2.45, 2.75) is 41.5 Å². The second-order valence-electron chi connectivity index (χ2n) is 6.36. The molecule has 1 saturated carbocycles. The fourth-order valence-corrected chi connectivity index (χ4v) is 5.07. The van der Waals surface area contributed by atoms with Crippen molar-refractivity contribution in [3.8, 4) is 0 Å². The smallest absolute Gasteiger partial charge is 0.211 e. The van der Waals surface area contributed by atoms with Crippen LogP contribution in [0.15, 0.2) is 64.4 Å². The molecule has 0 aliphatic heterocycles. The summed E-state index contributed by atoms with van der Waals surface area (Å²) in [5.41, 5.74) is 1.14. The van der Waals surface area contributed by atoms with E-state index in [1.807, 2.05) is 30.3 Å². The number of rotatable bonds is 9. The van der Waals surface area contributed by atoms with Gasteiger partial charge in [0.15, 0.2) is 0 Å². The van der Waals surface area contributed by atoms with E-state index in [1.165, 1.54) is 24.3 Å². The predicted octanol–water partition coefficient (Wildman–Crippen LogP) is 2.04. The molecule has 2 aromatic rings.